The summed E-state index contributed by atoms with van der Waals surface area (Å²) in [5.41, 5.74) is 3.46. The molecule has 114 valence electrons. The lowest BCUT2D eigenvalue weighted by molar-refractivity contribution is 0.322. The van der Waals surface area contributed by atoms with Gasteiger partial charge in [-0.15, -0.1) is 35.3 Å². The van der Waals surface area contributed by atoms with Crippen LogP contribution in [0, 0.1) is 12.3 Å². The third-order valence-electron chi connectivity index (χ3n) is 4.17. The molecule has 1 saturated heterocycles. The molecule has 0 spiro atoms. The standard InChI is InChI=1S/C14H24N4S.HI/c1-5-14(3)6-7-18(9-14)13(15-4)16-8-12-11(2)17-10-19-12;/h10H,5-9H2,1-4H3,(H,15,16);1H. The van der Waals surface area contributed by atoms with Gasteiger partial charge in [-0.2, -0.15) is 0 Å². The number of aromatic nitrogens is 1. The molecule has 0 aliphatic carbocycles. The lowest BCUT2D eigenvalue weighted by Gasteiger charge is -2.25. The molecule has 2 heterocycles. The van der Waals surface area contributed by atoms with Crippen LogP contribution in [0.5, 0.6) is 0 Å². The smallest absolute Gasteiger partial charge is 0.193 e. The highest BCUT2D eigenvalue weighted by Gasteiger charge is 2.33. The van der Waals surface area contributed by atoms with Crippen LogP contribution >= 0.6 is 35.3 Å². The Labute approximate surface area is 143 Å². The molecule has 4 nitrogen and oxygen atoms in total. The molecule has 1 aromatic rings. The van der Waals surface area contributed by atoms with E-state index in [0.717, 1.165) is 31.3 Å². The van der Waals surface area contributed by atoms with Crippen LogP contribution in [0.25, 0.3) is 0 Å². The van der Waals surface area contributed by atoms with E-state index in [0.29, 0.717) is 5.41 Å². The largest absolute Gasteiger partial charge is 0.351 e. The van der Waals surface area contributed by atoms with E-state index in [9.17, 15) is 0 Å². The first-order chi connectivity index (χ1) is 9.08. The van der Waals surface area contributed by atoms with E-state index < -0.39 is 0 Å². The van der Waals surface area contributed by atoms with Gasteiger partial charge in [-0.1, -0.05) is 13.8 Å². The normalized spacial score (nSPS) is 22.8. The zero-order valence-electron chi connectivity index (χ0n) is 12.8. The fourth-order valence-corrected chi connectivity index (χ4v) is 3.20. The van der Waals surface area contributed by atoms with E-state index in [1.807, 2.05) is 12.6 Å². The number of hydrogen-bond acceptors (Lipinski definition) is 3. The van der Waals surface area contributed by atoms with Crippen LogP contribution in [0.15, 0.2) is 10.5 Å². The summed E-state index contributed by atoms with van der Waals surface area (Å²) in [6.45, 7) is 9.73. The van der Waals surface area contributed by atoms with Crippen molar-refractivity contribution >= 4 is 41.3 Å². The highest BCUT2D eigenvalue weighted by molar-refractivity contribution is 14.0. The summed E-state index contributed by atoms with van der Waals surface area (Å²) in [5.74, 6) is 1.02. The predicted octanol–water partition coefficient (Wildman–Crippen LogP) is 3.27. The number of halogens is 1. The summed E-state index contributed by atoms with van der Waals surface area (Å²) in [6, 6.07) is 0. The second kappa shape index (κ2) is 7.59. The molecule has 6 heteroatoms. The first-order valence-electron chi connectivity index (χ1n) is 6.92. The summed E-state index contributed by atoms with van der Waals surface area (Å²) < 4.78 is 0. The molecule has 0 aromatic carbocycles. The van der Waals surface area contributed by atoms with Crippen molar-refractivity contribution < 1.29 is 0 Å². The molecule has 1 N–H and O–H groups in total. The monoisotopic (exact) mass is 408 g/mol. The Balaban J connectivity index is 0.00000200. The summed E-state index contributed by atoms with van der Waals surface area (Å²) in [5, 5.41) is 3.46. The van der Waals surface area contributed by atoms with E-state index >= 15 is 0 Å². The quantitative estimate of drug-likeness (QED) is 0.474. The van der Waals surface area contributed by atoms with Gasteiger partial charge in [0.25, 0.3) is 0 Å². The third-order valence-corrected chi connectivity index (χ3v) is 5.11. The summed E-state index contributed by atoms with van der Waals surface area (Å²) >= 11 is 1.70. The second-order valence-corrected chi connectivity index (χ2v) is 6.54. The van der Waals surface area contributed by atoms with Crippen LogP contribution in [-0.2, 0) is 6.54 Å². The Morgan fingerprint density at radius 2 is 2.35 bits per heavy atom. The van der Waals surface area contributed by atoms with Crippen LogP contribution in [0.3, 0.4) is 0 Å². The fraction of sp³-hybridized carbons (Fsp3) is 0.714. The Bertz CT molecular complexity index is 460. The summed E-state index contributed by atoms with van der Waals surface area (Å²) in [6.07, 6.45) is 2.48. The maximum absolute atomic E-state index is 4.41. The van der Waals surface area contributed by atoms with E-state index in [1.54, 1.807) is 11.3 Å². The van der Waals surface area contributed by atoms with Gasteiger partial charge in [-0.25, -0.2) is 4.98 Å². The number of guanidine groups is 1. The third kappa shape index (κ3) is 4.07. The maximum Gasteiger partial charge on any atom is 0.193 e. The van der Waals surface area contributed by atoms with Crippen LogP contribution in [0.4, 0.5) is 0 Å². The number of rotatable bonds is 3. The number of hydrogen-bond donors (Lipinski definition) is 1. The molecule has 1 unspecified atom stereocenters. The highest BCUT2D eigenvalue weighted by Crippen LogP contribution is 2.32. The average molecular weight is 408 g/mol. The molecule has 2 rings (SSSR count). The van der Waals surface area contributed by atoms with Crippen LogP contribution in [0.2, 0.25) is 0 Å². The average Bonchev–Trinajstić information content (AvgIpc) is 2.98. The van der Waals surface area contributed by atoms with Crippen LogP contribution in [-0.4, -0.2) is 36.0 Å². The SMILES string of the molecule is CCC1(C)CCN(C(=NC)NCc2scnc2C)C1.I. The van der Waals surface area contributed by atoms with Gasteiger partial charge in [0.05, 0.1) is 17.7 Å². The Morgan fingerprint density at radius 3 is 2.85 bits per heavy atom. The maximum atomic E-state index is 4.41. The number of aliphatic imine (C=N–C) groups is 1. The van der Waals surface area contributed by atoms with Gasteiger partial charge in [0, 0.05) is 25.0 Å². The van der Waals surface area contributed by atoms with Gasteiger partial charge in [0.2, 0.25) is 0 Å². The van der Waals surface area contributed by atoms with Crippen molar-refractivity contribution in [3.63, 3.8) is 0 Å². The molecule has 0 bridgehead atoms. The fourth-order valence-electron chi connectivity index (χ4n) is 2.48. The molecule has 0 saturated carbocycles. The molecular formula is C14H25IN4S. The van der Waals surface area contributed by atoms with E-state index in [2.05, 4.69) is 41.0 Å². The Hall–Kier alpha value is -0.370. The minimum atomic E-state index is 0. The molecule has 1 aliphatic heterocycles. The number of nitrogens with one attached hydrogen (secondary N) is 1. The van der Waals surface area contributed by atoms with Gasteiger partial charge in [0.1, 0.15) is 0 Å². The second-order valence-electron chi connectivity index (χ2n) is 5.60. The molecule has 1 aliphatic rings. The Kier molecular flexibility index (Phi) is 6.71. The lowest BCUT2D eigenvalue weighted by atomic mass is 9.87. The topological polar surface area (TPSA) is 40.5 Å². The van der Waals surface area contributed by atoms with E-state index in [-0.39, 0.29) is 24.0 Å². The van der Waals surface area contributed by atoms with Gasteiger partial charge in [-0.05, 0) is 25.2 Å². The van der Waals surface area contributed by atoms with Crippen molar-refractivity contribution in [2.75, 3.05) is 20.1 Å². The molecule has 1 atom stereocenters. The Morgan fingerprint density at radius 1 is 1.60 bits per heavy atom. The zero-order chi connectivity index (χ0) is 13.9. The number of likely N-dealkylation sites (tertiary alicyclic amines) is 1. The number of thiazole rings is 1. The van der Waals surface area contributed by atoms with Crippen molar-refractivity contribution in [2.45, 2.75) is 40.2 Å². The summed E-state index contributed by atoms with van der Waals surface area (Å²) in [4.78, 5) is 12.4. The minimum Gasteiger partial charge on any atom is -0.351 e. The van der Waals surface area contributed by atoms with Crippen LogP contribution < -0.4 is 5.32 Å². The number of aryl methyl sites for hydroxylation is 1. The zero-order valence-corrected chi connectivity index (χ0v) is 15.9. The van der Waals surface area contributed by atoms with Crippen molar-refractivity contribution in [1.82, 2.24) is 15.2 Å². The van der Waals surface area contributed by atoms with Gasteiger partial charge in [0.15, 0.2) is 5.96 Å². The summed E-state index contributed by atoms with van der Waals surface area (Å²) in [7, 11) is 1.86. The van der Waals surface area contributed by atoms with Crippen molar-refractivity contribution in [1.29, 1.82) is 0 Å². The van der Waals surface area contributed by atoms with Gasteiger partial charge < -0.3 is 10.2 Å². The van der Waals surface area contributed by atoms with Crippen molar-refractivity contribution in [3.05, 3.63) is 16.1 Å². The minimum absolute atomic E-state index is 0. The first kappa shape index (κ1) is 17.7. The van der Waals surface area contributed by atoms with E-state index in [1.165, 1.54) is 17.7 Å². The molecule has 1 fully saturated rings. The van der Waals surface area contributed by atoms with Crippen LogP contribution in [0.1, 0.15) is 37.3 Å². The van der Waals surface area contributed by atoms with E-state index in [4.69, 9.17) is 0 Å². The lowest BCUT2D eigenvalue weighted by Crippen LogP contribution is -2.40. The molecule has 0 amide bonds. The molecule has 1 aromatic heterocycles. The molecule has 0 radical (unpaired) electrons. The van der Waals surface area contributed by atoms with Gasteiger partial charge in [-0.3, -0.25) is 4.99 Å². The highest BCUT2D eigenvalue weighted by atomic mass is 127. The molecular weight excluding hydrogens is 383 g/mol. The predicted molar refractivity (Wildman–Crippen MR) is 97.1 cm³/mol. The molecule has 20 heavy (non-hydrogen) atoms. The van der Waals surface area contributed by atoms with Crippen molar-refractivity contribution in [3.8, 4) is 0 Å². The number of nitrogens with zero attached hydrogens (tertiary/aromatic N) is 3. The first-order valence-corrected chi connectivity index (χ1v) is 7.80. The van der Waals surface area contributed by atoms with Gasteiger partial charge >= 0.3 is 0 Å². The van der Waals surface area contributed by atoms with Crippen molar-refractivity contribution in [2.24, 2.45) is 10.4 Å².